The zero-order valence-corrected chi connectivity index (χ0v) is 10.1. The van der Waals surface area contributed by atoms with Crippen molar-refractivity contribution in [3.05, 3.63) is 33.6 Å². The molecule has 0 aliphatic rings. The molecule has 1 nitrogen and oxygen atoms in total. The van der Waals surface area contributed by atoms with E-state index >= 15 is 0 Å². The summed E-state index contributed by atoms with van der Waals surface area (Å²) in [7, 11) is 0. The van der Waals surface area contributed by atoms with Gasteiger partial charge in [-0.3, -0.25) is 0 Å². The van der Waals surface area contributed by atoms with Gasteiger partial charge in [0.15, 0.2) is 0 Å². The van der Waals surface area contributed by atoms with Gasteiger partial charge in [-0.05, 0) is 18.2 Å². The molecule has 14 heavy (non-hydrogen) atoms. The zero-order chi connectivity index (χ0) is 10.1. The average Bonchev–Trinajstić information content (AvgIpc) is 2.51. The average molecular weight is 262 g/mol. The van der Waals surface area contributed by atoms with Gasteiger partial charge in [-0.1, -0.05) is 23.2 Å². The third-order valence-electron chi connectivity index (χ3n) is 1.65. The standard InChI is InChI=1S/C9H5Cl2NS2/c10-5-1-2-6(7(11)3-5)9-12-8(13)4-14-9/h1-4,13H. The molecular weight excluding hydrogens is 257 g/mol. The van der Waals surface area contributed by atoms with Gasteiger partial charge in [-0.2, -0.15) is 0 Å². The van der Waals surface area contributed by atoms with Crippen molar-refractivity contribution in [1.29, 1.82) is 0 Å². The number of thiazole rings is 1. The number of nitrogens with zero attached hydrogens (tertiary/aromatic N) is 1. The summed E-state index contributed by atoms with van der Waals surface area (Å²) < 4.78 is 0. The van der Waals surface area contributed by atoms with Crippen LogP contribution in [0.1, 0.15) is 0 Å². The number of hydrogen-bond donors (Lipinski definition) is 1. The molecule has 0 fully saturated rings. The number of halogens is 2. The molecule has 1 aromatic carbocycles. The van der Waals surface area contributed by atoms with Crippen LogP contribution in [0.5, 0.6) is 0 Å². The highest BCUT2D eigenvalue weighted by Crippen LogP contribution is 2.32. The lowest BCUT2D eigenvalue weighted by atomic mass is 10.2. The van der Waals surface area contributed by atoms with Crippen LogP contribution in [0.3, 0.4) is 0 Å². The van der Waals surface area contributed by atoms with Gasteiger partial charge in [0.05, 0.1) is 5.02 Å². The summed E-state index contributed by atoms with van der Waals surface area (Å²) in [4.78, 5) is 4.23. The summed E-state index contributed by atoms with van der Waals surface area (Å²) in [5.41, 5.74) is 0.890. The predicted octanol–water partition coefficient (Wildman–Crippen LogP) is 4.41. The molecule has 0 aliphatic heterocycles. The van der Waals surface area contributed by atoms with Crippen LogP contribution in [-0.2, 0) is 0 Å². The maximum Gasteiger partial charge on any atom is 0.126 e. The molecular formula is C9H5Cl2NS2. The van der Waals surface area contributed by atoms with E-state index in [1.54, 1.807) is 12.1 Å². The molecule has 72 valence electrons. The SMILES string of the molecule is Sc1csc(-c2ccc(Cl)cc2Cl)n1. The van der Waals surface area contributed by atoms with Crippen LogP contribution >= 0.6 is 47.2 Å². The molecule has 0 N–H and O–H groups in total. The number of thiol groups is 1. The Morgan fingerprint density at radius 1 is 1.29 bits per heavy atom. The van der Waals surface area contributed by atoms with Gasteiger partial charge in [0, 0.05) is 16.0 Å². The molecule has 0 unspecified atom stereocenters. The number of hydrogen-bond acceptors (Lipinski definition) is 3. The lowest BCUT2D eigenvalue weighted by Crippen LogP contribution is -1.78. The van der Waals surface area contributed by atoms with Gasteiger partial charge in [0.1, 0.15) is 10.0 Å². The summed E-state index contributed by atoms with van der Waals surface area (Å²) in [5.74, 6) is 0. The first kappa shape index (κ1) is 10.3. The van der Waals surface area contributed by atoms with E-state index in [1.807, 2.05) is 11.4 Å². The molecule has 0 amide bonds. The normalized spacial score (nSPS) is 10.5. The molecule has 0 radical (unpaired) electrons. The Balaban J connectivity index is 2.52. The van der Waals surface area contributed by atoms with E-state index in [9.17, 15) is 0 Å². The summed E-state index contributed by atoms with van der Waals surface area (Å²) in [6, 6.07) is 5.36. The predicted molar refractivity (Wildman–Crippen MR) is 64.8 cm³/mol. The summed E-state index contributed by atoms with van der Waals surface area (Å²) in [6.45, 7) is 0. The smallest absolute Gasteiger partial charge is 0.126 e. The molecule has 0 spiro atoms. The van der Waals surface area contributed by atoms with Crippen molar-refractivity contribution in [2.45, 2.75) is 5.03 Å². The van der Waals surface area contributed by atoms with Crippen LogP contribution in [0.25, 0.3) is 10.6 Å². The molecule has 0 saturated heterocycles. The largest absolute Gasteiger partial charge is 0.230 e. The number of aromatic nitrogens is 1. The van der Waals surface area contributed by atoms with E-state index in [-0.39, 0.29) is 0 Å². The Morgan fingerprint density at radius 2 is 2.07 bits per heavy atom. The highest BCUT2D eigenvalue weighted by atomic mass is 35.5. The Hall–Kier alpha value is -0.220. The second-order valence-electron chi connectivity index (χ2n) is 2.64. The van der Waals surface area contributed by atoms with Crippen LogP contribution in [0, 0.1) is 0 Å². The van der Waals surface area contributed by atoms with E-state index in [2.05, 4.69) is 17.6 Å². The third kappa shape index (κ3) is 2.06. The van der Waals surface area contributed by atoms with Crippen molar-refractivity contribution >= 4 is 47.2 Å². The van der Waals surface area contributed by atoms with Crippen LogP contribution in [0.15, 0.2) is 28.6 Å². The maximum atomic E-state index is 6.03. The Morgan fingerprint density at radius 3 is 2.64 bits per heavy atom. The second kappa shape index (κ2) is 4.11. The van der Waals surface area contributed by atoms with Gasteiger partial charge >= 0.3 is 0 Å². The van der Waals surface area contributed by atoms with E-state index < -0.39 is 0 Å². The highest BCUT2D eigenvalue weighted by molar-refractivity contribution is 7.80. The van der Waals surface area contributed by atoms with Crippen molar-refractivity contribution in [2.75, 3.05) is 0 Å². The monoisotopic (exact) mass is 261 g/mol. The van der Waals surface area contributed by atoms with Crippen molar-refractivity contribution in [1.82, 2.24) is 4.98 Å². The minimum atomic E-state index is 0.611. The van der Waals surface area contributed by atoms with Gasteiger partial charge < -0.3 is 0 Å². The van der Waals surface area contributed by atoms with Gasteiger partial charge in [-0.15, -0.1) is 24.0 Å². The summed E-state index contributed by atoms with van der Waals surface area (Å²) >= 11 is 17.5. The van der Waals surface area contributed by atoms with Gasteiger partial charge in [-0.25, -0.2) is 4.98 Å². The molecule has 0 bridgehead atoms. The van der Waals surface area contributed by atoms with Crippen LogP contribution in [0.2, 0.25) is 10.0 Å². The fourth-order valence-corrected chi connectivity index (χ4v) is 2.66. The molecule has 5 heteroatoms. The highest BCUT2D eigenvalue weighted by Gasteiger charge is 2.07. The van der Waals surface area contributed by atoms with Crippen molar-refractivity contribution in [2.24, 2.45) is 0 Å². The third-order valence-corrected chi connectivity index (χ3v) is 3.48. The van der Waals surface area contributed by atoms with Crippen LogP contribution < -0.4 is 0 Å². The molecule has 0 atom stereocenters. The summed E-state index contributed by atoms with van der Waals surface area (Å²) in [6.07, 6.45) is 0. The molecule has 1 heterocycles. The minimum Gasteiger partial charge on any atom is -0.230 e. The van der Waals surface area contributed by atoms with Crippen molar-refractivity contribution < 1.29 is 0 Å². The molecule has 2 rings (SSSR count). The fraction of sp³-hybridized carbons (Fsp3) is 0. The first-order valence-electron chi connectivity index (χ1n) is 3.77. The quantitative estimate of drug-likeness (QED) is 0.751. The van der Waals surface area contributed by atoms with Crippen molar-refractivity contribution in [3.8, 4) is 10.6 Å². The topological polar surface area (TPSA) is 12.9 Å². The summed E-state index contributed by atoms with van der Waals surface area (Å²) in [5, 5.41) is 4.66. The maximum absolute atomic E-state index is 6.03. The lowest BCUT2D eigenvalue weighted by molar-refractivity contribution is 1.22. The zero-order valence-electron chi connectivity index (χ0n) is 6.87. The second-order valence-corrected chi connectivity index (χ2v) is 4.79. The molecule has 0 saturated carbocycles. The van der Waals surface area contributed by atoms with Crippen molar-refractivity contribution in [3.63, 3.8) is 0 Å². The molecule has 1 aromatic heterocycles. The molecule has 0 aliphatic carbocycles. The number of rotatable bonds is 1. The fourth-order valence-electron chi connectivity index (χ4n) is 1.05. The first-order chi connectivity index (χ1) is 6.66. The molecule has 2 aromatic rings. The first-order valence-corrected chi connectivity index (χ1v) is 5.85. The van der Waals surface area contributed by atoms with E-state index in [1.165, 1.54) is 11.3 Å². The Bertz CT molecular complexity index is 468. The van der Waals surface area contributed by atoms with Crippen LogP contribution in [0.4, 0.5) is 0 Å². The van der Waals surface area contributed by atoms with Gasteiger partial charge in [0.25, 0.3) is 0 Å². The lowest BCUT2D eigenvalue weighted by Gasteiger charge is -1.99. The number of benzene rings is 1. The van der Waals surface area contributed by atoms with E-state index in [0.29, 0.717) is 15.1 Å². The minimum absolute atomic E-state index is 0.611. The van der Waals surface area contributed by atoms with E-state index in [4.69, 9.17) is 23.2 Å². The Kier molecular flexibility index (Phi) is 3.02. The van der Waals surface area contributed by atoms with E-state index in [0.717, 1.165) is 10.6 Å². The van der Waals surface area contributed by atoms with Crippen LogP contribution in [-0.4, -0.2) is 4.98 Å². The Labute approximate surface area is 101 Å². The van der Waals surface area contributed by atoms with Gasteiger partial charge in [0.2, 0.25) is 0 Å².